The van der Waals surface area contributed by atoms with Gasteiger partial charge in [-0.15, -0.1) is 0 Å². The molecule has 0 saturated carbocycles. The van der Waals surface area contributed by atoms with Crippen LogP contribution >= 0.6 is 15.9 Å². The lowest BCUT2D eigenvalue weighted by Gasteiger charge is -2.21. The first-order chi connectivity index (χ1) is 8.08. The minimum atomic E-state index is 0.679. The Kier molecular flexibility index (Phi) is 4.07. The summed E-state index contributed by atoms with van der Waals surface area (Å²) in [4.78, 5) is 4.78. The van der Waals surface area contributed by atoms with E-state index in [1.54, 1.807) is 0 Å². The number of anilines is 1. The normalized spacial score (nSPS) is 21.3. The maximum Gasteiger partial charge on any atom is 0.0371 e. The smallest absolute Gasteiger partial charge is 0.0371 e. The molecule has 1 aliphatic rings. The molecule has 1 unspecified atom stereocenters. The van der Waals surface area contributed by atoms with Crippen molar-refractivity contribution >= 4 is 21.6 Å². The van der Waals surface area contributed by atoms with Crippen molar-refractivity contribution in [1.82, 2.24) is 9.80 Å². The minimum absolute atomic E-state index is 0.679. The zero-order valence-electron chi connectivity index (χ0n) is 10.5. The third-order valence-corrected chi connectivity index (χ3v) is 4.26. The van der Waals surface area contributed by atoms with Crippen molar-refractivity contribution in [3.05, 3.63) is 28.2 Å². The van der Waals surface area contributed by atoms with Crippen molar-refractivity contribution in [3.63, 3.8) is 0 Å². The Morgan fingerprint density at radius 2 is 2.24 bits per heavy atom. The largest absolute Gasteiger partial charge is 0.398 e. The first-order valence-corrected chi connectivity index (χ1v) is 6.79. The summed E-state index contributed by atoms with van der Waals surface area (Å²) in [6.07, 6.45) is 1.25. The van der Waals surface area contributed by atoms with E-state index in [0.717, 1.165) is 29.8 Å². The molecule has 94 valence electrons. The van der Waals surface area contributed by atoms with Gasteiger partial charge < -0.3 is 10.6 Å². The van der Waals surface area contributed by atoms with Crippen LogP contribution in [0.4, 0.5) is 5.69 Å². The molecule has 1 atom stereocenters. The van der Waals surface area contributed by atoms with E-state index in [0.29, 0.717) is 6.04 Å². The molecule has 0 aliphatic carbocycles. The van der Waals surface area contributed by atoms with Crippen molar-refractivity contribution in [2.75, 3.05) is 32.9 Å². The molecule has 1 fully saturated rings. The van der Waals surface area contributed by atoms with Gasteiger partial charge in [-0.3, -0.25) is 4.90 Å². The summed E-state index contributed by atoms with van der Waals surface area (Å²) in [5, 5.41) is 0. The Balaban J connectivity index is 2.03. The average molecular weight is 298 g/mol. The number of nitrogens with zero attached hydrogens (tertiary/aromatic N) is 2. The van der Waals surface area contributed by atoms with E-state index in [1.165, 1.54) is 12.0 Å². The van der Waals surface area contributed by atoms with Crippen molar-refractivity contribution < 1.29 is 0 Å². The van der Waals surface area contributed by atoms with E-state index in [4.69, 9.17) is 5.73 Å². The van der Waals surface area contributed by atoms with Gasteiger partial charge in [0.2, 0.25) is 0 Å². The van der Waals surface area contributed by atoms with Crippen LogP contribution in [0.1, 0.15) is 12.0 Å². The zero-order valence-corrected chi connectivity index (χ0v) is 12.1. The Hall–Kier alpha value is -0.580. The summed E-state index contributed by atoms with van der Waals surface area (Å²) in [7, 11) is 4.31. The second-order valence-corrected chi connectivity index (χ2v) is 5.80. The molecule has 17 heavy (non-hydrogen) atoms. The van der Waals surface area contributed by atoms with Crippen LogP contribution in [0.3, 0.4) is 0 Å². The van der Waals surface area contributed by atoms with Crippen LogP contribution in [-0.2, 0) is 6.54 Å². The van der Waals surface area contributed by atoms with E-state index in [-0.39, 0.29) is 0 Å². The van der Waals surface area contributed by atoms with E-state index in [1.807, 2.05) is 12.1 Å². The molecule has 1 saturated heterocycles. The standard InChI is InChI=1S/C13H20BrN3/c1-16(2)10-6-7-17(8-10)9-11-12(14)4-3-5-13(11)15/h3-5,10H,6-9,15H2,1-2H3. The number of halogens is 1. The van der Waals surface area contributed by atoms with Gasteiger partial charge in [0.25, 0.3) is 0 Å². The molecular formula is C13H20BrN3. The topological polar surface area (TPSA) is 32.5 Å². The van der Waals surface area contributed by atoms with E-state index in [9.17, 15) is 0 Å². The Labute approximate surface area is 112 Å². The molecule has 0 radical (unpaired) electrons. The molecule has 2 N–H and O–H groups in total. The highest BCUT2D eigenvalue weighted by molar-refractivity contribution is 9.10. The highest BCUT2D eigenvalue weighted by Gasteiger charge is 2.24. The monoisotopic (exact) mass is 297 g/mol. The van der Waals surface area contributed by atoms with E-state index >= 15 is 0 Å². The Bertz CT molecular complexity index is 372. The van der Waals surface area contributed by atoms with Crippen molar-refractivity contribution in [3.8, 4) is 0 Å². The van der Waals surface area contributed by atoms with Crippen LogP contribution in [0.2, 0.25) is 0 Å². The highest BCUT2D eigenvalue weighted by Crippen LogP contribution is 2.26. The predicted molar refractivity (Wildman–Crippen MR) is 75.9 cm³/mol. The number of rotatable bonds is 3. The third kappa shape index (κ3) is 3.00. The zero-order chi connectivity index (χ0) is 12.4. The van der Waals surface area contributed by atoms with Crippen LogP contribution in [0.25, 0.3) is 0 Å². The van der Waals surface area contributed by atoms with Crippen LogP contribution in [0, 0.1) is 0 Å². The molecule has 0 amide bonds. The summed E-state index contributed by atoms with van der Waals surface area (Å²) >= 11 is 3.58. The van der Waals surface area contributed by atoms with Gasteiger partial charge in [-0.05, 0) is 32.6 Å². The van der Waals surface area contributed by atoms with Crippen molar-refractivity contribution in [2.24, 2.45) is 0 Å². The first-order valence-electron chi connectivity index (χ1n) is 5.99. The highest BCUT2D eigenvalue weighted by atomic mass is 79.9. The van der Waals surface area contributed by atoms with Crippen LogP contribution < -0.4 is 5.73 Å². The molecule has 0 spiro atoms. The predicted octanol–water partition coefficient (Wildman–Crippen LogP) is 2.17. The fourth-order valence-corrected chi connectivity index (χ4v) is 2.85. The summed E-state index contributed by atoms with van der Waals surface area (Å²) < 4.78 is 1.12. The number of benzene rings is 1. The second kappa shape index (κ2) is 5.38. The minimum Gasteiger partial charge on any atom is -0.398 e. The summed E-state index contributed by atoms with van der Waals surface area (Å²) in [6, 6.07) is 6.69. The Morgan fingerprint density at radius 3 is 2.82 bits per heavy atom. The molecule has 4 heteroatoms. The van der Waals surface area contributed by atoms with Crippen LogP contribution in [0.5, 0.6) is 0 Å². The fraction of sp³-hybridized carbons (Fsp3) is 0.538. The molecule has 1 aliphatic heterocycles. The molecule has 0 bridgehead atoms. The lowest BCUT2D eigenvalue weighted by atomic mass is 10.2. The first kappa shape index (κ1) is 12.9. The summed E-state index contributed by atoms with van der Waals surface area (Å²) in [5.74, 6) is 0. The molecule has 1 aromatic rings. The van der Waals surface area contributed by atoms with Crippen molar-refractivity contribution in [2.45, 2.75) is 19.0 Å². The molecule has 0 aromatic heterocycles. The van der Waals surface area contributed by atoms with Gasteiger partial charge in [0.15, 0.2) is 0 Å². The number of nitrogens with two attached hydrogens (primary N) is 1. The van der Waals surface area contributed by atoms with Gasteiger partial charge in [0.1, 0.15) is 0 Å². The lowest BCUT2D eigenvalue weighted by molar-refractivity contribution is 0.264. The summed E-state index contributed by atoms with van der Waals surface area (Å²) in [5.41, 5.74) is 8.12. The van der Waals surface area contributed by atoms with Crippen molar-refractivity contribution in [1.29, 1.82) is 0 Å². The third-order valence-electron chi connectivity index (χ3n) is 3.51. The Morgan fingerprint density at radius 1 is 1.47 bits per heavy atom. The maximum absolute atomic E-state index is 6.03. The van der Waals surface area contributed by atoms with Crippen LogP contribution in [0.15, 0.2) is 22.7 Å². The molecule has 2 rings (SSSR count). The van der Waals surface area contributed by atoms with Gasteiger partial charge in [-0.2, -0.15) is 0 Å². The molecule has 1 aromatic carbocycles. The number of likely N-dealkylation sites (tertiary alicyclic amines) is 1. The quantitative estimate of drug-likeness (QED) is 0.868. The van der Waals surface area contributed by atoms with E-state index < -0.39 is 0 Å². The molecule has 3 nitrogen and oxygen atoms in total. The lowest BCUT2D eigenvalue weighted by Crippen LogP contribution is -2.31. The van der Waals surface area contributed by atoms with Gasteiger partial charge in [0.05, 0.1) is 0 Å². The molecular weight excluding hydrogens is 278 g/mol. The van der Waals surface area contributed by atoms with Gasteiger partial charge >= 0.3 is 0 Å². The van der Waals surface area contributed by atoms with Gasteiger partial charge in [-0.1, -0.05) is 22.0 Å². The molecule has 1 heterocycles. The number of hydrogen-bond donors (Lipinski definition) is 1. The second-order valence-electron chi connectivity index (χ2n) is 4.95. The number of likely N-dealkylation sites (N-methyl/N-ethyl adjacent to an activating group) is 1. The maximum atomic E-state index is 6.03. The average Bonchev–Trinajstić information content (AvgIpc) is 2.72. The van der Waals surface area contributed by atoms with E-state index in [2.05, 4.69) is 45.9 Å². The summed E-state index contributed by atoms with van der Waals surface area (Å²) in [6.45, 7) is 3.23. The fourth-order valence-electron chi connectivity index (χ4n) is 2.34. The van der Waals surface area contributed by atoms with Gasteiger partial charge in [0, 0.05) is 41.4 Å². The van der Waals surface area contributed by atoms with Crippen LogP contribution in [-0.4, -0.2) is 43.0 Å². The van der Waals surface area contributed by atoms with Gasteiger partial charge in [-0.25, -0.2) is 0 Å². The number of nitrogen functional groups attached to an aromatic ring is 1. The SMILES string of the molecule is CN(C)C1CCN(Cc2c(N)cccc2Br)C1. The number of hydrogen-bond acceptors (Lipinski definition) is 3.